The molecule has 8 heteroatoms. The molecular weight excluding hydrogens is 396 g/mol. The van der Waals surface area contributed by atoms with Crippen LogP contribution in [0, 0.1) is 11.8 Å². The Bertz CT molecular complexity index is 740. The molecule has 3 unspecified atom stereocenters. The number of carbonyl (C=O) groups is 2. The monoisotopic (exact) mass is 430 g/mol. The second kappa shape index (κ2) is 10.4. The zero-order valence-electron chi connectivity index (χ0n) is 18.3. The third-order valence-corrected chi connectivity index (χ3v) is 6.47. The van der Waals surface area contributed by atoms with Gasteiger partial charge in [-0.1, -0.05) is 12.1 Å². The van der Waals surface area contributed by atoms with Crippen molar-refractivity contribution in [2.24, 2.45) is 11.8 Å². The predicted octanol–water partition coefficient (Wildman–Crippen LogP) is 2.13. The maximum absolute atomic E-state index is 12.6. The summed E-state index contributed by atoms with van der Waals surface area (Å²) in [4.78, 5) is 26.9. The molecule has 0 spiro atoms. The number of rotatable bonds is 8. The van der Waals surface area contributed by atoms with Crippen LogP contribution in [0.15, 0.2) is 24.3 Å². The van der Waals surface area contributed by atoms with Crippen molar-refractivity contribution < 1.29 is 19.1 Å². The minimum atomic E-state index is -0.171. The first-order valence-electron chi connectivity index (χ1n) is 11.4. The van der Waals surface area contributed by atoms with Gasteiger partial charge in [-0.05, 0) is 43.9 Å². The predicted molar refractivity (Wildman–Crippen MR) is 118 cm³/mol. The Morgan fingerprint density at radius 2 is 1.81 bits per heavy atom. The molecule has 3 fully saturated rings. The van der Waals surface area contributed by atoms with E-state index in [1.807, 2.05) is 31.2 Å². The average molecular weight is 431 g/mol. The van der Waals surface area contributed by atoms with Gasteiger partial charge in [-0.25, -0.2) is 4.79 Å². The number of ether oxygens (including phenoxy) is 2. The summed E-state index contributed by atoms with van der Waals surface area (Å²) in [5.74, 6) is 0.719. The van der Waals surface area contributed by atoms with Crippen molar-refractivity contribution in [1.29, 1.82) is 0 Å². The minimum absolute atomic E-state index is 0.0980. The fourth-order valence-corrected chi connectivity index (χ4v) is 4.33. The lowest BCUT2D eigenvalue weighted by Crippen LogP contribution is -2.53. The Labute approximate surface area is 184 Å². The van der Waals surface area contributed by atoms with E-state index in [2.05, 4.69) is 20.9 Å². The highest BCUT2D eigenvalue weighted by Crippen LogP contribution is 2.30. The van der Waals surface area contributed by atoms with Gasteiger partial charge in [-0.2, -0.15) is 0 Å². The van der Waals surface area contributed by atoms with Crippen LogP contribution in [0.2, 0.25) is 0 Å². The number of benzene rings is 1. The summed E-state index contributed by atoms with van der Waals surface area (Å²) < 4.78 is 11.1. The zero-order chi connectivity index (χ0) is 21.6. The van der Waals surface area contributed by atoms with Crippen LogP contribution >= 0.6 is 0 Å². The van der Waals surface area contributed by atoms with Gasteiger partial charge < -0.3 is 25.4 Å². The fraction of sp³-hybridized carbons (Fsp3) is 0.652. The third kappa shape index (κ3) is 6.18. The van der Waals surface area contributed by atoms with E-state index in [1.165, 1.54) is 0 Å². The summed E-state index contributed by atoms with van der Waals surface area (Å²) in [6.07, 6.45) is 3.01. The van der Waals surface area contributed by atoms with Gasteiger partial charge in [0.05, 0.1) is 25.9 Å². The lowest BCUT2D eigenvalue weighted by molar-refractivity contribution is -0.117. The molecule has 1 saturated carbocycles. The van der Waals surface area contributed by atoms with Gasteiger partial charge in [-0.3, -0.25) is 9.69 Å². The molecular formula is C23H34N4O4. The molecule has 2 aliphatic heterocycles. The van der Waals surface area contributed by atoms with Gasteiger partial charge >= 0.3 is 6.03 Å². The van der Waals surface area contributed by atoms with Crippen molar-refractivity contribution in [3.05, 3.63) is 29.8 Å². The van der Waals surface area contributed by atoms with Crippen molar-refractivity contribution in [1.82, 2.24) is 15.5 Å². The second-order valence-electron chi connectivity index (χ2n) is 8.80. The normalized spacial score (nSPS) is 23.7. The number of amides is 3. The second-order valence-corrected chi connectivity index (χ2v) is 8.80. The lowest BCUT2D eigenvalue weighted by atomic mass is 9.97. The molecule has 2 saturated heterocycles. The first-order chi connectivity index (χ1) is 15.1. The highest BCUT2D eigenvalue weighted by atomic mass is 16.5. The van der Waals surface area contributed by atoms with Crippen molar-refractivity contribution in [2.45, 2.75) is 38.3 Å². The SMILES string of the molecule is CC(NC(=O)NCC(C1CCOC1)N1CCOCC1)c1ccc(NC(=O)C2CC2)cc1. The van der Waals surface area contributed by atoms with Gasteiger partial charge in [0.25, 0.3) is 0 Å². The van der Waals surface area contributed by atoms with Crippen LogP contribution in [-0.2, 0) is 14.3 Å². The molecule has 3 atom stereocenters. The summed E-state index contributed by atoms with van der Waals surface area (Å²) in [6, 6.07) is 7.63. The summed E-state index contributed by atoms with van der Waals surface area (Å²) in [6.45, 7) is 7.38. The molecule has 1 aromatic rings. The van der Waals surface area contributed by atoms with Gasteiger partial charge in [-0.15, -0.1) is 0 Å². The molecule has 0 bridgehead atoms. The van der Waals surface area contributed by atoms with Crippen LogP contribution in [0.3, 0.4) is 0 Å². The Morgan fingerprint density at radius 3 is 2.45 bits per heavy atom. The van der Waals surface area contributed by atoms with Crippen molar-refractivity contribution in [2.75, 3.05) is 51.4 Å². The maximum Gasteiger partial charge on any atom is 0.315 e. The van der Waals surface area contributed by atoms with E-state index in [0.717, 1.165) is 70.0 Å². The molecule has 31 heavy (non-hydrogen) atoms. The highest BCUT2D eigenvalue weighted by molar-refractivity contribution is 5.94. The lowest BCUT2D eigenvalue weighted by Gasteiger charge is -2.37. The molecule has 0 aromatic heterocycles. The molecule has 4 rings (SSSR count). The Morgan fingerprint density at radius 1 is 1.06 bits per heavy atom. The topological polar surface area (TPSA) is 91.9 Å². The third-order valence-electron chi connectivity index (χ3n) is 6.47. The number of carbonyl (C=O) groups excluding carboxylic acids is 2. The first-order valence-corrected chi connectivity index (χ1v) is 11.4. The van der Waals surface area contributed by atoms with Gasteiger partial charge in [0.2, 0.25) is 5.91 Å². The number of hydrogen-bond acceptors (Lipinski definition) is 5. The molecule has 2 heterocycles. The molecule has 0 radical (unpaired) electrons. The van der Waals surface area contributed by atoms with Crippen molar-refractivity contribution in [3.63, 3.8) is 0 Å². The fourth-order valence-electron chi connectivity index (χ4n) is 4.33. The molecule has 3 amide bonds. The van der Waals surface area contributed by atoms with Crippen LogP contribution < -0.4 is 16.0 Å². The molecule has 1 aromatic carbocycles. The van der Waals surface area contributed by atoms with Crippen LogP contribution in [0.25, 0.3) is 0 Å². The quantitative estimate of drug-likeness (QED) is 0.588. The van der Waals surface area contributed by atoms with E-state index >= 15 is 0 Å². The maximum atomic E-state index is 12.6. The molecule has 8 nitrogen and oxygen atoms in total. The number of hydrogen-bond donors (Lipinski definition) is 3. The first kappa shape index (κ1) is 22.0. The number of morpholine rings is 1. The molecule has 1 aliphatic carbocycles. The van der Waals surface area contributed by atoms with E-state index in [1.54, 1.807) is 0 Å². The Balaban J connectivity index is 1.26. The molecule has 170 valence electrons. The van der Waals surface area contributed by atoms with E-state index < -0.39 is 0 Å². The number of nitrogens with zero attached hydrogens (tertiary/aromatic N) is 1. The number of urea groups is 1. The smallest absolute Gasteiger partial charge is 0.315 e. The minimum Gasteiger partial charge on any atom is -0.381 e. The van der Waals surface area contributed by atoms with Crippen molar-refractivity contribution in [3.8, 4) is 0 Å². The van der Waals surface area contributed by atoms with Gasteiger partial charge in [0.1, 0.15) is 0 Å². The summed E-state index contributed by atoms with van der Waals surface area (Å²) in [5.41, 5.74) is 1.79. The van der Waals surface area contributed by atoms with E-state index in [0.29, 0.717) is 12.5 Å². The highest BCUT2D eigenvalue weighted by Gasteiger charge is 2.32. The largest absolute Gasteiger partial charge is 0.381 e. The van der Waals surface area contributed by atoms with Gasteiger partial charge in [0, 0.05) is 49.8 Å². The summed E-state index contributed by atoms with van der Waals surface area (Å²) >= 11 is 0. The standard InChI is InChI=1S/C23H34N4O4/c1-16(17-4-6-20(7-5-17)26-22(28)18-2-3-18)25-23(29)24-14-21(19-8-11-31-15-19)27-9-12-30-13-10-27/h4-7,16,18-19,21H,2-3,8-15H2,1H3,(H,26,28)(H2,24,25,29). The van der Waals surface area contributed by atoms with Crippen LogP contribution in [-0.4, -0.2) is 68.9 Å². The average Bonchev–Trinajstić information content (AvgIpc) is 3.51. The number of anilines is 1. The summed E-state index contributed by atoms with van der Waals surface area (Å²) in [7, 11) is 0. The van der Waals surface area contributed by atoms with Crippen LogP contribution in [0.5, 0.6) is 0 Å². The van der Waals surface area contributed by atoms with Crippen LogP contribution in [0.4, 0.5) is 10.5 Å². The van der Waals surface area contributed by atoms with Gasteiger partial charge in [0.15, 0.2) is 0 Å². The van der Waals surface area contributed by atoms with E-state index in [-0.39, 0.29) is 29.9 Å². The van der Waals surface area contributed by atoms with Crippen molar-refractivity contribution >= 4 is 17.6 Å². The van der Waals surface area contributed by atoms with Crippen LogP contribution in [0.1, 0.15) is 37.8 Å². The number of nitrogens with one attached hydrogen (secondary N) is 3. The zero-order valence-corrected chi connectivity index (χ0v) is 18.3. The van der Waals surface area contributed by atoms with E-state index in [4.69, 9.17) is 9.47 Å². The Kier molecular flexibility index (Phi) is 7.42. The summed E-state index contributed by atoms with van der Waals surface area (Å²) in [5, 5.41) is 9.03. The van der Waals surface area contributed by atoms with E-state index in [9.17, 15) is 9.59 Å². The Hall–Kier alpha value is -2.16. The molecule has 3 N–H and O–H groups in total. The molecule has 3 aliphatic rings.